The number of rotatable bonds is 2. The van der Waals surface area contributed by atoms with Crippen LogP contribution < -0.4 is 4.74 Å². The molecule has 3 aromatic heterocycles. The summed E-state index contributed by atoms with van der Waals surface area (Å²) >= 11 is 0. The molecule has 11 rings (SSSR count). The molecule has 47 heavy (non-hydrogen) atoms. The highest BCUT2D eigenvalue weighted by Crippen LogP contribution is 2.48. The summed E-state index contributed by atoms with van der Waals surface area (Å²) in [7, 11) is 0. The van der Waals surface area contributed by atoms with Crippen molar-refractivity contribution in [3.8, 4) is 34.4 Å². The third kappa shape index (κ3) is 3.32. The van der Waals surface area contributed by atoms with E-state index >= 15 is 0 Å². The van der Waals surface area contributed by atoms with Crippen LogP contribution in [-0.2, 0) is 0 Å². The van der Waals surface area contributed by atoms with Crippen LogP contribution in [0, 0.1) is 0 Å². The van der Waals surface area contributed by atoms with Gasteiger partial charge in [0.05, 0.1) is 44.2 Å². The summed E-state index contributed by atoms with van der Waals surface area (Å²) in [5.74, 6) is 2.23. The topological polar surface area (TPSA) is 44.9 Å². The van der Waals surface area contributed by atoms with Crippen molar-refractivity contribution >= 4 is 65.3 Å². The van der Waals surface area contributed by atoms with Crippen LogP contribution in [0.2, 0.25) is 0 Å². The Morgan fingerprint density at radius 2 is 1.13 bits per heavy atom. The Hall–Kier alpha value is -6.46. The van der Waals surface area contributed by atoms with Gasteiger partial charge < -0.3 is 9.30 Å². The number of para-hydroxylation sites is 3. The zero-order valence-corrected chi connectivity index (χ0v) is 25.1. The van der Waals surface area contributed by atoms with Crippen LogP contribution in [0.4, 0.5) is 0 Å². The van der Waals surface area contributed by atoms with Crippen molar-refractivity contribution in [1.29, 1.82) is 0 Å². The van der Waals surface area contributed by atoms with Gasteiger partial charge in [0.15, 0.2) is 0 Å². The molecule has 1 aliphatic rings. The number of hydrogen-bond donors (Lipinski definition) is 0. The van der Waals surface area contributed by atoms with E-state index in [1.54, 1.807) is 0 Å². The first-order valence-corrected chi connectivity index (χ1v) is 15.8. The highest BCUT2D eigenvalue weighted by molar-refractivity contribution is 6.19. The quantitative estimate of drug-likeness (QED) is 0.198. The van der Waals surface area contributed by atoms with Gasteiger partial charge in [-0.05, 0) is 65.4 Å². The molecule has 0 bridgehead atoms. The van der Waals surface area contributed by atoms with Crippen LogP contribution in [0.25, 0.3) is 88.2 Å². The lowest BCUT2D eigenvalue weighted by molar-refractivity contribution is 0.487. The number of fused-ring (bicyclic) bond motifs is 10. The molecule has 4 heterocycles. The largest absolute Gasteiger partial charge is 0.456 e. The molecule has 0 saturated heterocycles. The van der Waals surface area contributed by atoms with E-state index in [4.69, 9.17) is 14.7 Å². The molecule has 0 saturated carbocycles. The Bertz CT molecular complexity index is 2940. The van der Waals surface area contributed by atoms with Gasteiger partial charge in [-0.2, -0.15) is 0 Å². The second kappa shape index (κ2) is 9.05. The predicted molar refractivity (Wildman–Crippen MR) is 191 cm³/mol. The van der Waals surface area contributed by atoms with E-state index in [1.165, 1.54) is 27.1 Å². The van der Waals surface area contributed by atoms with E-state index in [1.807, 2.05) is 12.1 Å². The number of aromatic nitrogens is 4. The lowest BCUT2D eigenvalue weighted by Gasteiger charge is -2.22. The predicted octanol–water partition coefficient (Wildman–Crippen LogP) is 10.7. The van der Waals surface area contributed by atoms with Gasteiger partial charge in [0.1, 0.15) is 11.5 Å². The summed E-state index contributed by atoms with van der Waals surface area (Å²) in [5.41, 5.74) is 8.33. The fraction of sp³-hybridized carbons (Fsp3) is 0. The van der Waals surface area contributed by atoms with E-state index in [0.29, 0.717) is 5.95 Å². The Balaban J connectivity index is 1.29. The summed E-state index contributed by atoms with van der Waals surface area (Å²) < 4.78 is 11.1. The van der Waals surface area contributed by atoms with Gasteiger partial charge in [0.2, 0.25) is 5.95 Å². The van der Waals surface area contributed by atoms with E-state index < -0.39 is 0 Å². The second-order valence-corrected chi connectivity index (χ2v) is 12.2. The van der Waals surface area contributed by atoms with Crippen molar-refractivity contribution in [2.75, 3.05) is 0 Å². The molecule has 7 aromatic carbocycles. The van der Waals surface area contributed by atoms with Gasteiger partial charge in [0.25, 0.3) is 0 Å². The molecular weight excluding hydrogens is 576 g/mol. The van der Waals surface area contributed by atoms with Crippen LogP contribution in [0.3, 0.4) is 0 Å². The average Bonchev–Trinajstić information content (AvgIpc) is 3.63. The highest BCUT2D eigenvalue weighted by Gasteiger charge is 2.27. The van der Waals surface area contributed by atoms with Gasteiger partial charge in [-0.15, -0.1) is 0 Å². The van der Waals surface area contributed by atoms with Crippen molar-refractivity contribution in [2.45, 2.75) is 0 Å². The molecule has 218 valence electrons. The van der Waals surface area contributed by atoms with E-state index in [0.717, 1.165) is 66.7 Å². The molecule has 0 atom stereocenters. The van der Waals surface area contributed by atoms with Gasteiger partial charge in [0, 0.05) is 27.2 Å². The van der Waals surface area contributed by atoms with Crippen LogP contribution >= 0.6 is 0 Å². The first-order valence-electron chi connectivity index (χ1n) is 15.8. The Kier molecular flexibility index (Phi) is 4.78. The average molecular weight is 601 g/mol. The fourth-order valence-corrected chi connectivity index (χ4v) is 7.71. The number of benzene rings is 7. The van der Waals surface area contributed by atoms with E-state index in [2.05, 4.69) is 143 Å². The molecule has 10 aromatic rings. The Labute approximate surface area is 268 Å². The van der Waals surface area contributed by atoms with Gasteiger partial charge >= 0.3 is 0 Å². The normalized spacial score (nSPS) is 12.4. The van der Waals surface area contributed by atoms with Crippen molar-refractivity contribution in [3.05, 3.63) is 146 Å². The maximum absolute atomic E-state index is 6.47. The lowest BCUT2D eigenvalue weighted by atomic mass is 9.96. The molecule has 0 N–H and O–H groups in total. The first-order chi connectivity index (χ1) is 23.3. The summed E-state index contributed by atoms with van der Waals surface area (Å²) in [6.45, 7) is 0. The molecule has 0 aliphatic carbocycles. The van der Waals surface area contributed by atoms with E-state index in [9.17, 15) is 0 Å². The molecule has 5 nitrogen and oxygen atoms in total. The summed E-state index contributed by atoms with van der Waals surface area (Å²) in [6, 6.07) is 51.2. The zero-order chi connectivity index (χ0) is 30.6. The van der Waals surface area contributed by atoms with Gasteiger partial charge in [-0.25, -0.2) is 9.97 Å². The van der Waals surface area contributed by atoms with Crippen molar-refractivity contribution in [1.82, 2.24) is 19.1 Å². The molecule has 0 spiro atoms. The highest BCUT2D eigenvalue weighted by atomic mass is 16.5. The van der Waals surface area contributed by atoms with Crippen LogP contribution in [0.15, 0.2) is 146 Å². The molecular formula is C42H24N4O. The number of ether oxygens (including phenoxy) is 1. The van der Waals surface area contributed by atoms with Gasteiger partial charge in [-0.1, -0.05) is 91.0 Å². The lowest BCUT2D eigenvalue weighted by Crippen LogP contribution is -2.07. The minimum absolute atomic E-state index is 0.637. The number of nitrogens with zero attached hydrogens (tertiary/aromatic N) is 4. The molecule has 0 unspecified atom stereocenters. The molecule has 1 aliphatic heterocycles. The van der Waals surface area contributed by atoms with Crippen LogP contribution in [0.5, 0.6) is 11.5 Å². The summed E-state index contributed by atoms with van der Waals surface area (Å²) in [6.07, 6.45) is 0. The minimum atomic E-state index is 0.637. The minimum Gasteiger partial charge on any atom is -0.456 e. The second-order valence-electron chi connectivity index (χ2n) is 12.2. The first kappa shape index (κ1) is 24.8. The smallest absolute Gasteiger partial charge is 0.235 e. The van der Waals surface area contributed by atoms with Crippen LogP contribution in [0.1, 0.15) is 0 Å². The van der Waals surface area contributed by atoms with Crippen molar-refractivity contribution in [2.24, 2.45) is 0 Å². The maximum atomic E-state index is 6.47. The SMILES string of the molecule is c1ccc(-n2c3ccccc3c3cc4c5ccccc5n(-c5nc6c7c(cccc7n5)Oc5ccc7ccccc7c5-6)c4cc32)cc1. The van der Waals surface area contributed by atoms with Crippen LogP contribution in [-0.4, -0.2) is 19.1 Å². The maximum Gasteiger partial charge on any atom is 0.235 e. The van der Waals surface area contributed by atoms with Crippen molar-refractivity contribution < 1.29 is 4.74 Å². The summed E-state index contributed by atoms with van der Waals surface area (Å²) in [4.78, 5) is 10.7. The zero-order valence-electron chi connectivity index (χ0n) is 25.1. The third-order valence-corrected chi connectivity index (χ3v) is 9.70. The monoisotopic (exact) mass is 600 g/mol. The molecule has 0 fully saturated rings. The fourth-order valence-electron chi connectivity index (χ4n) is 7.71. The molecule has 0 amide bonds. The third-order valence-electron chi connectivity index (χ3n) is 9.70. The van der Waals surface area contributed by atoms with E-state index in [-0.39, 0.29) is 0 Å². The molecule has 5 heteroatoms. The van der Waals surface area contributed by atoms with Gasteiger partial charge in [-0.3, -0.25) is 4.57 Å². The summed E-state index contributed by atoms with van der Waals surface area (Å²) in [5, 5.41) is 7.99. The number of hydrogen-bond acceptors (Lipinski definition) is 3. The standard InChI is InChI=1S/C42H24N4O/c1-2-12-26(13-3-1)45-33-18-8-6-15-28(33)30-23-31-29-16-7-9-19-34(29)46(36(31)24-35(30)45)42-43-32-17-10-20-37-40(32)41(44-42)39-27-14-5-4-11-25(27)21-22-38(39)47-37/h1-24H. The van der Waals surface area contributed by atoms with Crippen molar-refractivity contribution in [3.63, 3.8) is 0 Å². The Morgan fingerprint density at radius 3 is 1.94 bits per heavy atom. The molecule has 0 radical (unpaired) electrons. The Morgan fingerprint density at radius 1 is 0.447 bits per heavy atom.